The molecule has 0 bridgehead atoms. The number of benzene rings is 3. The number of nitrogens with one attached hydrogen (secondary N) is 1. The van der Waals surface area contributed by atoms with Crippen LogP contribution in [-0.2, 0) is 24.1 Å². The van der Waals surface area contributed by atoms with E-state index in [1.54, 1.807) is 6.07 Å². The van der Waals surface area contributed by atoms with Gasteiger partial charge in [-0.3, -0.25) is 0 Å². The third-order valence-electron chi connectivity index (χ3n) is 5.86. The average Bonchev–Trinajstić information content (AvgIpc) is 2.78. The van der Waals surface area contributed by atoms with Crippen LogP contribution in [0, 0.1) is 5.92 Å². The van der Waals surface area contributed by atoms with Crippen LogP contribution in [0.2, 0.25) is 0 Å². The fraction of sp³-hybridized carbons (Fsp3) is 0.269. The van der Waals surface area contributed by atoms with Crippen molar-refractivity contribution >= 4 is 5.97 Å². The lowest BCUT2D eigenvalue weighted by Gasteiger charge is -2.35. The Labute approximate surface area is 172 Å². The zero-order valence-electron chi connectivity index (χ0n) is 16.8. The third-order valence-corrected chi connectivity index (χ3v) is 5.86. The lowest BCUT2D eigenvalue weighted by molar-refractivity contribution is 0.0600. The number of methoxy groups -OCH3 is 1. The Hall–Kier alpha value is -2.91. The van der Waals surface area contributed by atoms with Crippen LogP contribution in [0.5, 0.6) is 0 Å². The van der Waals surface area contributed by atoms with E-state index < -0.39 is 0 Å². The van der Waals surface area contributed by atoms with E-state index in [0.29, 0.717) is 17.5 Å². The first-order valence-corrected chi connectivity index (χ1v) is 10.3. The van der Waals surface area contributed by atoms with Crippen LogP contribution < -0.4 is 5.32 Å². The van der Waals surface area contributed by atoms with Crippen molar-refractivity contribution in [3.8, 4) is 0 Å². The Morgan fingerprint density at radius 1 is 0.966 bits per heavy atom. The molecule has 0 saturated carbocycles. The maximum absolute atomic E-state index is 11.8. The number of aryl methyl sites for hydroxylation is 1. The van der Waals surface area contributed by atoms with Gasteiger partial charge in [0.1, 0.15) is 0 Å². The Morgan fingerprint density at radius 3 is 2.55 bits per heavy atom. The first-order valence-electron chi connectivity index (χ1n) is 10.3. The molecule has 3 aromatic rings. The van der Waals surface area contributed by atoms with Crippen LogP contribution >= 0.6 is 0 Å². The second-order valence-corrected chi connectivity index (χ2v) is 7.74. The van der Waals surface area contributed by atoms with Gasteiger partial charge in [0.15, 0.2) is 0 Å². The number of ether oxygens (including phenoxy) is 1. The molecule has 2 atom stereocenters. The van der Waals surface area contributed by atoms with E-state index in [9.17, 15) is 4.79 Å². The number of fused-ring (bicyclic) bond motifs is 1. The Bertz CT molecular complexity index is 967. The lowest BCUT2D eigenvalue weighted by Crippen LogP contribution is -2.33. The zero-order chi connectivity index (χ0) is 20.1. The number of carbonyl (C=O) groups is 1. The average molecular weight is 386 g/mol. The second kappa shape index (κ2) is 9.06. The topological polar surface area (TPSA) is 38.3 Å². The standard InChI is InChI=1S/C26H27NO2/c1-29-26(28)23-12-7-10-20(17-23)18-27-25-22(16-19-8-3-2-4-9-19)15-14-21-11-5-6-13-24(21)25/h2-13,17,22,25,27H,14-16,18H2,1H3/t22-,25-/m0/s1. The van der Waals surface area contributed by atoms with Crippen molar-refractivity contribution in [2.24, 2.45) is 5.92 Å². The molecule has 0 aliphatic heterocycles. The number of esters is 1. The minimum absolute atomic E-state index is 0.293. The first kappa shape index (κ1) is 19.4. The van der Waals surface area contributed by atoms with Crippen LogP contribution in [0.4, 0.5) is 0 Å². The summed E-state index contributed by atoms with van der Waals surface area (Å²) < 4.78 is 4.86. The third kappa shape index (κ3) is 4.57. The SMILES string of the molecule is COC(=O)c1cccc(CN[C@@H]2c3ccccc3CC[C@H]2Cc2ccccc2)c1. The monoisotopic (exact) mass is 385 g/mol. The quantitative estimate of drug-likeness (QED) is 0.599. The first-order chi connectivity index (χ1) is 14.2. The fourth-order valence-electron chi connectivity index (χ4n) is 4.39. The molecule has 1 N–H and O–H groups in total. The molecule has 0 unspecified atom stereocenters. The van der Waals surface area contributed by atoms with Crippen molar-refractivity contribution in [2.45, 2.75) is 31.8 Å². The Kier molecular flexibility index (Phi) is 6.06. The number of hydrogen-bond donors (Lipinski definition) is 1. The maximum Gasteiger partial charge on any atom is 0.337 e. The van der Waals surface area contributed by atoms with Gasteiger partial charge in [0.05, 0.1) is 12.7 Å². The molecule has 3 aromatic carbocycles. The number of hydrogen-bond acceptors (Lipinski definition) is 3. The van der Waals surface area contributed by atoms with Crippen molar-refractivity contribution < 1.29 is 9.53 Å². The molecule has 0 aromatic heterocycles. The van der Waals surface area contributed by atoms with E-state index in [-0.39, 0.29) is 5.97 Å². The largest absolute Gasteiger partial charge is 0.465 e. The molecule has 0 saturated heterocycles. The highest BCUT2D eigenvalue weighted by Crippen LogP contribution is 2.36. The molecule has 1 aliphatic carbocycles. The van der Waals surface area contributed by atoms with Gasteiger partial charge in [0.2, 0.25) is 0 Å². The predicted octanol–water partition coefficient (Wildman–Crippen LogP) is 5.11. The molecule has 3 heteroatoms. The minimum atomic E-state index is -0.295. The van der Waals surface area contributed by atoms with E-state index >= 15 is 0 Å². The molecule has 1 aliphatic rings. The molecule has 148 valence electrons. The van der Waals surface area contributed by atoms with Gasteiger partial charge in [0.25, 0.3) is 0 Å². The second-order valence-electron chi connectivity index (χ2n) is 7.74. The molecule has 4 rings (SSSR count). The van der Waals surface area contributed by atoms with E-state index in [0.717, 1.165) is 24.9 Å². The number of rotatable bonds is 6. The van der Waals surface area contributed by atoms with Crippen LogP contribution in [0.25, 0.3) is 0 Å². The molecule has 0 heterocycles. The summed E-state index contributed by atoms with van der Waals surface area (Å²) in [5, 5.41) is 3.80. The van der Waals surface area contributed by atoms with Gasteiger partial charge in [-0.1, -0.05) is 66.7 Å². The summed E-state index contributed by atoms with van der Waals surface area (Å²) in [6.45, 7) is 0.717. The summed E-state index contributed by atoms with van der Waals surface area (Å²) in [4.78, 5) is 11.8. The van der Waals surface area contributed by atoms with Crippen molar-refractivity contribution in [2.75, 3.05) is 7.11 Å². The summed E-state index contributed by atoms with van der Waals surface area (Å²) in [6, 6.07) is 27.5. The van der Waals surface area contributed by atoms with Gasteiger partial charge in [0, 0.05) is 12.6 Å². The molecule has 0 fully saturated rings. The highest BCUT2D eigenvalue weighted by atomic mass is 16.5. The van der Waals surface area contributed by atoms with Gasteiger partial charge in [-0.2, -0.15) is 0 Å². The highest BCUT2D eigenvalue weighted by Gasteiger charge is 2.29. The zero-order valence-corrected chi connectivity index (χ0v) is 16.8. The van der Waals surface area contributed by atoms with Gasteiger partial charge in [-0.15, -0.1) is 0 Å². The molecular weight excluding hydrogens is 358 g/mol. The smallest absolute Gasteiger partial charge is 0.337 e. The molecule has 0 amide bonds. The summed E-state index contributed by atoms with van der Waals surface area (Å²) in [5.41, 5.74) is 5.92. The van der Waals surface area contributed by atoms with Crippen molar-refractivity contribution in [3.05, 3.63) is 107 Å². The summed E-state index contributed by atoms with van der Waals surface area (Å²) in [7, 11) is 1.42. The van der Waals surface area contributed by atoms with E-state index in [4.69, 9.17) is 4.74 Å². The van der Waals surface area contributed by atoms with E-state index in [1.165, 1.54) is 30.2 Å². The van der Waals surface area contributed by atoms with Crippen LogP contribution in [0.1, 0.15) is 45.1 Å². The molecule has 0 spiro atoms. The van der Waals surface area contributed by atoms with Crippen LogP contribution in [-0.4, -0.2) is 13.1 Å². The van der Waals surface area contributed by atoms with Crippen LogP contribution in [0.15, 0.2) is 78.9 Å². The van der Waals surface area contributed by atoms with E-state index in [1.807, 2.05) is 12.1 Å². The minimum Gasteiger partial charge on any atom is -0.465 e. The van der Waals surface area contributed by atoms with Crippen LogP contribution in [0.3, 0.4) is 0 Å². The summed E-state index contributed by atoms with van der Waals surface area (Å²) in [6.07, 6.45) is 3.37. The maximum atomic E-state index is 11.8. The summed E-state index contributed by atoms with van der Waals surface area (Å²) >= 11 is 0. The van der Waals surface area contributed by atoms with Crippen molar-refractivity contribution in [1.82, 2.24) is 5.32 Å². The lowest BCUT2D eigenvalue weighted by atomic mass is 9.77. The predicted molar refractivity (Wildman–Crippen MR) is 116 cm³/mol. The molecular formula is C26H27NO2. The van der Waals surface area contributed by atoms with Gasteiger partial charge in [-0.25, -0.2) is 4.79 Å². The van der Waals surface area contributed by atoms with Gasteiger partial charge in [-0.05, 0) is 59.6 Å². The highest BCUT2D eigenvalue weighted by molar-refractivity contribution is 5.89. The summed E-state index contributed by atoms with van der Waals surface area (Å²) in [5.74, 6) is 0.243. The van der Waals surface area contributed by atoms with Gasteiger partial charge < -0.3 is 10.1 Å². The number of carbonyl (C=O) groups excluding carboxylic acids is 1. The van der Waals surface area contributed by atoms with Gasteiger partial charge >= 0.3 is 5.97 Å². The molecule has 0 radical (unpaired) electrons. The molecule has 29 heavy (non-hydrogen) atoms. The van der Waals surface area contributed by atoms with Crippen molar-refractivity contribution in [1.29, 1.82) is 0 Å². The molecule has 3 nitrogen and oxygen atoms in total. The van der Waals surface area contributed by atoms with E-state index in [2.05, 4.69) is 66.0 Å². The normalized spacial score (nSPS) is 18.1. The Morgan fingerprint density at radius 2 is 1.72 bits per heavy atom. The Balaban J connectivity index is 1.55. The van der Waals surface area contributed by atoms with Crippen molar-refractivity contribution in [3.63, 3.8) is 0 Å². The fourth-order valence-corrected chi connectivity index (χ4v) is 4.39.